The molecule has 0 aliphatic carbocycles. The van der Waals surface area contributed by atoms with Crippen molar-refractivity contribution in [2.24, 2.45) is 0 Å². The van der Waals surface area contributed by atoms with E-state index in [2.05, 4.69) is 12.2 Å². The summed E-state index contributed by atoms with van der Waals surface area (Å²) in [5, 5.41) is 12.6. The second-order valence-corrected chi connectivity index (χ2v) is 4.68. The van der Waals surface area contributed by atoms with Gasteiger partial charge in [0.15, 0.2) is 0 Å². The minimum atomic E-state index is -0.960. The fourth-order valence-electron chi connectivity index (χ4n) is 1.59. The van der Waals surface area contributed by atoms with Crippen molar-refractivity contribution in [1.29, 1.82) is 0 Å². The molecule has 5 heteroatoms. The van der Waals surface area contributed by atoms with Gasteiger partial charge in [-0.05, 0) is 31.0 Å². The highest BCUT2D eigenvalue weighted by atomic mass is 35.5. The molecule has 106 valence electrons. The third-order valence-corrected chi connectivity index (χ3v) is 2.87. The molecule has 1 rings (SSSR count). The highest BCUT2D eigenvalue weighted by Gasteiger charge is 2.09. The minimum absolute atomic E-state index is 0.233. The number of benzene rings is 1. The Balaban J connectivity index is 2.36. The lowest BCUT2D eigenvalue weighted by Crippen LogP contribution is -2.10. The summed E-state index contributed by atoms with van der Waals surface area (Å²) in [4.78, 5) is 11.0. The monoisotopic (exact) mass is 285 g/mol. The molecule has 1 aromatic rings. The zero-order valence-electron chi connectivity index (χ0n) is 11.1. The number of unbranched alkanes of at least 4 members (excludes halogenated alkanes) is 1. The van der Waals surface area contributed by atoms with Gasteiger partial charge in [0.2, 0.25) is 0 Å². The van der Waals surface area contributed by atoms with Crippen LogP contribution in [0.4, 0.5) is 5.69 Å². The number of rotatable bonds is 9. The van der Waals surface area contributed by atoms with E-state index in [4.69, 9.17) is 21.4 Å². The van der Waals surface area contributed by atoms with E-state index in [1.54, 1.807) is 12.1 Å². The van der Waals surface area contributed by atoms with E-state index < -0.39 is 5.97 Å². The largest absolute Gasteiger partial charge is 0.478 e. The van der Waals surface area contributed by atoms with Gasteiger partial charge < -0.3 is 15.2 Å². The smallest absolute Gasteiger partial charge is 0.337 e. The topological polar surface area (TPSA) is 58.6 Å². The second-order valence-electron chi connectivity index (χ2n) is 4.24. The van der Waals surface area contributed by atoms with Gasteiger partial charge in [0, 0.05) is 24.8 Å². The molecular formula is C14H20ClNO3. The van der Waals surface area contributed by atoms with Crippen molar-refractivity contribution in [3.63, 3.8) is 0 Å². The quantitative estimate of drug-likeness (QED) is 0.680. The highest BCUT2D eigenvalue weighted by molar-refractivity contribution is 6.31. The van der Waals surface area contributed by atoms with Gasteiger partial charge >= 0.3 is 5.97 Å². The molecular weight excluding hydrogens is 266 g/mol. The lowest BCUT2D eigenvalue weighted by atomic mass is 10.2. The molecule has 0 saturated carbocycles. The fourth-order valence-corrected chi connectivity index (χ4v) is 1.77. The van der Waals surface area contributed by atoms with Crippen LogP contribution in [0.2, 0.25) is 5.02 Å². The predicted molar refractivity (Wildman–Crippen MR) is 77.2 cm³/mol. The predicted octanol–water partition coefficient (Wildman–Crippen LogP) is 3.66. The Morgan fingerprint density at radius 3 is 2.79 bits per heavy atom. The van der Waals surface area contributed by atoms with Gasteiger partial charge in [-0.25, -0.2) is 4.79 Å². The first-order valence-corrected chi connectivity index (χ1v) is 6.87. The molecule has 0 unspecified atom stereocenters. The van der Waals surface area contributed by atoms with Crippen molar-refractivity contribution in [2.45, 2.75) is 26.2 Å². The first-order chi connectivity index (χ1) is 9.15. The van der Waals surface area contributed by atoms with Crippen LogP contribution in [-0.4, -0.2) is 30.8 Å². The van der Waals surface area contributed by atoms with Crippen LogP contribution >= 0.6 is 11.6 Å². The van der Waals surface area contributed by atoms with Gasteiger partial charge in [-0.3, -0.25) is 0 Å². The molecule has 1 aromatic carbocycles. The normalized spacial score (nSPS) is 10.4. The number of carboxylic acids is 1. The average Bonchev–Trinajstić information content (AvgIpc) is 2.37. The summed E-state index contributed by atoms with van der Waals surface area (Å²) in [5.41, 5.74) is 0.782. The number of halogens is 1. The van der Waals surface area contributed by atoms with Gasteiger partial charge in [0.05, 0.1) is 11.3 Å². The zero-order chi connectivity index (χ0) is 14.1. The molecule has 0 aliphatic rings. The van der Waals surface area contributed by atoms with E-state index in [9.17, 15) is 4.79 Å². The van der Waals surface area contributed by atoms with Crippen LogP contribution in [0.5, 0.6) is 0 Å². The lowest BCUT2D eigenvalue weighted by molar-refractivity contribution is 0.0698. The number of aromatic carboxylic acids is 1. The van der Waals surface area contributed by atoms with E-state index in [-0.39, 0.29) is 5.56 Å². The summed E-state index contributed by atoms with van der Waals surface area (Å²) >= 11 is 5.86. The molecule has 0 radical (unpaired) electrons. The number of anilines is 1. The van der Waals surface area contributed by atoms with Gasteiger partial charge in [-0.15, -0.1) is 0 Å². The van der Waals surface area contributed by atoms with E-state index in [0.717, 1.165) is 25.9 Å². The van der Waals surface area contributed by atoms with Crippen molar-refractivity contribution >= 4 is 23.3 Å². The minimum Gasteiger partial charge on any atom is -0.478 e. The molecule has 0 saturated heterocycles. The molecule has 4 nitrogen and oxygen atoms in total. The Hall–Kier alpha value is -1.26. The van der Waals surface area contributed by atoms with Crippen LogP contribution in [0, 0.1) is 0 Å². The molecule has 0 aromatic heterocycles. The summed E-state index contributed by atoms with van der Waals surface area (Å²) in [7, 11) is 0. The van der Waals surface area contributed by atoms with Crippen molar-refractivity contribution in [2.75, 3.05) is 25.1 Å². The van der Waals surface area contributed by atoms with Crippen molar-refractivity contribution in [3.05, 3.63) is 28.8 Å². The Morgan fingerprint density at radius 2 is 2.11 bits per heavy atom. The Labute approximate surface area is 118 Å². The van der Waals surface area contributed by atoms with Crippen molar-refractivity contribution in [3.8, 4) is 0 Å². The van der Waals surface area contributed by atoms with Crippen LogP contribution in [0.15, 0.2) is 18.2 Å². The number of nitrogens with one attached hydrogen (secondary N) is 1. The van der Waals surface area contributed by atoms with E-state index >= 15 is 0 Å². The molecule has 0 amide bonds. The third-order valence-electron chi connectivity index (χ3n) is 2.64. The van der Waals surface area contributed by atoms with E-state index in [0.29, 0.717) is 23.9 Å². The standard InChI is InChI=1S/C14H20ClNO3/c1-2-3-8-19-9-4-7-16-13-10-11(15)5-6-12(13)14(17)18/h5-6,10,16H,2-4,7-9H2,1H3,(H,17,18). The Kier molecular flexibility index (Phi) is 7.30. The van der Waals surface area contributed by atoms with Crippen LogP contribution < -0.4 is 5.32 Å². The van der Waals surface area contributed by atoms with Crippen molar-refractivity contribution in [1.82, 2.24) is 0 Å². The fraction of sp³-hybridized carbons (Fsp3) is 0.500. The SMILES string of the molecule is CCCCOCCCNc1cc(Cl)ccc1C(=O)O. The average molecular weight is 286 g/mol. The summed E-state index contributed by atoms with van der Waals surface area (Å²) < 4.78 is 5.43. The molecule has 2 N–H and O–H groups in total. The maximum atomic E-state index is 11.0. The number of hydrogen-bond acceptors (Lipinski definition) is 3. The third kappa shape index (κ3) is 5.94. The maximum absolute atomic E-state index is 11.0. The van der Waals surface area contributed by atoms with Crippen LogP contribution in [0.25, 0.3) is 0 Å². The Bertz CT molecular complexity index is 410. The molecule has 0 spiro atoms. The van der Waals surface area contributed by atoms with Gasteiger partial charge in [0.1, 0.15) is 0 Å². The number of carboxylic acid groups (broad SMARTS) is 1. The summed E-state index contributed by atoms with van der Waals surface area (Å²) in [6, 6.07) is 4.71. The molecule has 0 atom stereocenters. The summed E-state index contributed by atoms with van der Waals surface area (Å²) in [5.74, 6) is -0.960. The van der Waals surface area contributed by atoms with Crippen LogP contribution in [0.1, 0.15) is 36.5 Å². The Morgan fingerprint density at radius 1 is 1.37 bits per heavy atom. The molecule has 0 bridgehead atoms. The van der Waals surface area contributed by atoms with Gasteiger partial charge in [-0.2, -0.15) is 0 Å². The summed E-state index contributed by atoms with van der Waals surface area (Å²) in [6.07, 6.45) is 3.03. The number of hydrogen-bond donors (Lipinski definition) is 2. The number of ether oxygens (including phenoxy) is 1. The van der Waals surface area contributed by atoms with Gasteiger partial charge in [0.25, 0.3) is 0 Å². The summed E-state index contributed by atoms with van der Waals surface area (Å²) in [6.45, 7) is 4.24. The molecule has 0 aliphatic heterocycles. The number of carbonyl (C=O) groups is 1. The maximum Gasteiger partial charge on any atom is 0.337 e. The highest BCUT2D eigenvalue weighted by Crippen LogP contribution is 2.21. The van der Waals surface area contributed by atoms with Crippen molar-refractivity contribution < 1.29 is 14.6 Å². The van der Waals surface area contributed by atoms with Gasteiger partial charge in [-0.1, -0.05) is 24.9 Å². The first-order valence-electron chi connectivity index (χ1n) is 6.49. The lowest BCUT2D eigenvalue weighted by Gasteiger charge is -2.10. The zero-order valence-corrected chi connectivity index (χ0v) is 11.9. The first kappa shape index (κ1) is 15.8. The van der Waals surface area contributed by atoms with E-state index in [1.807, 2.05) is 0 Å². The molecule has 0 fully saturated rings. The van der Waals surface area contributed by atoms with E-state index in [1.165, 1.54) is 6.07 Å². The molecule has 0 heterocycles. The van der Waals surface area contributed by atoms with Crippen LogP contribution in [0.3, 0.4) is 0 Å². The van der Waals surface area contributed by atoms with Crippen LogP contribution in [-0.2, 0) is 4.74 Å². The molecule has 19 heavy (non-hydrogen) atoms. The second kappa shape index (κ2) is 8.77.